The Morgan fingerprint density at radius 2 is 2.19 bits per heavy atom. The van der Waals surface area contributed by atoms with Crippen molar-refractivity contribution in [1.82, 2.24) is 0 Å². The zero-order valence-corrected chi connectivity index (χ0v) is 9.58. The molecule has 0 fully saturated rings. The minimum absolute atomic E-state index is 0.0142. The maximum Gasteiger partial charge on any atom is 0.269 e. The molecule has 1 aromatic rings. The van der Waals surface area contributed by atoms with Crippen molar-refractivity contribution in [3.05, 3.63) is 45.0 Å². The summed E-state index contributed by atoms with van der Waals surface area (Å²) in [7, 11) is 0. The van der Waals surface area contributed by atoms with Gasteiger partial charge in [-0.15, -0.1) is 0 Å². The molecule has 0 heterocycles. The standard InChI is InChI=1S/C11H9ClN2O2/c1-7-5-9(14(15)16)3-4-10(7)11(12)8(2)6-13/h3-5H,1-2H3. The Morgan fingerprint density at radius 3 is 2.62 bits per heavy atom. The summed E-state index contributed by atoms with van der Waals surface area (Å²) >= 11 is 5.98. The Kier molecular flexibility index (Phi) is 3.64. The normalized spacial score (nSPS) is 11.6. The quantitative estimate of drug-likeness (QED) is 0.449. The third-order valence-corrected chi connectivity index (χ3v) is 2.64. The molecule has 0 N–H and O–H groups in total. The number of hydrogen-bond acceptors (Lipinski definition) is 3. The molecule has 0 bridgehead atoms. The number of nitrogens with zero attached hydrogens (tertiary/aromatic N) is 2. The average molecular weight is 237 g/mol. The van der Waals surface area contributed by atoms with Crippen molar-refractivity contribution in [2.75, 3.05) is 0 Å². The summed E-state index contributed by atoms with van der Waals surface area (Å²) in [6, 6.07) is 6.30. The largest absolute Gasteiger partial charge is 0.269 e. The van der Waals surface area contributed by atoms with E-state index in [2.05, 4.69) is 0 Å². The first kappa shape index (κ1) is 12.2. The molecule has 4 nitrogen and oxygen atoms in total. The van der Waals surface area contributed by atoms with E-state index in [1.54, 1.807) is 19.9 Å². The molecule has 0 aliphatic carbocycles. The summed E-state index contributed by atoms with van der Waals surface area (Å²) in [5.74, 6) is 0. The lowest BCUT2D eigenvalue weighted by molar-refractivity contribution is -0.384. The van der Waals surface area contributed by atoms with Crippen molar-refractivity contribution < 1.29 is 4.92 Å². The van der Waals surface area contributed by atoms with E-state index >= 15 is 0 Å². The van der Waals surface area contributed by atoms with E-state index in [9.17, 15) is 10.1 Å². The highest BCUT2D eigenvalue weighted by Gasteiger charge is 2.11. The predicted molar refractivity (Wildman–Crippen MR) is 61.9 cm³/mol. The molecule has 0 aromatic heterocycles. The first-order chi connectivity index (χ1) is 7.47. The van der Waals surface area contributed by atoms with Crippen molar-refractivity contribution in [2.24, 2.45) is 0 Å². The van der Waals surface area contributed by atoms with E-state index in [0.717, 1.165) is 0 Å². The van der Waals surface area contributed by atoms with E-state index in [1.165, 1.54) is 12.1 Å². The fourth-order valence-electron chi connectivity index (χ4n) is 1.26. The third kappa shape index (κ3) is 2.38. The molecule has 0 spiro atoms. The van der Waals surface area contributed by atoms with E-state index in [0.29, 0.717) is 21.7 Å². The van der Waals surface area contributed by atoms with Gasteiger partial charge in [-0.3, -0.25) is 10.1 Å². The zero-order chi connectivity index (χ0) is 12.3. The van der Waals surface area contributed by atoms with Crippen LogP contribution in [-0.4, -0.2) is 4.92 Å². The van der Waals surface area contributed by atoms with Gasteiger partial charge < -0.3 is 0 Å². The van der Waals surface area contributed by atoms with E-state index in [-0.39, 0.29) is 5.69 Å². The maximum atomic E-state index is 10.5. The monoisotopic (exact) mass is 236 g/mol. The van der Waals surface area contributed by atoms with E-state index in [1.807, 2.05) is 6.07 Å². The van der Waals surface area contributed by atoms with Gasteiger partial charge in [0.1, 0.15) is 0 Å². The predicted octanol–water partition coefficient (Wildman–Crippen LogP) is 3.40. The summed E-state index contributed by atoms with van der Waals surface area (Å²) < 4.78 is 0. The zero-order valence-electron chi connectivity index (χ0n) is 8.82. The van der Waals surface area contributed by atoms with Crippen molar-refractivity contribution >= 4 is 22.3 Å². The van der Waals surface area contributed by atoms with Crippen molar-refractivity contribution in [1.29, 1.82) is 5.26 Å². The first-order valence-corrected chi connectivity index (χ1v) is 4.87. The molecular weight excluding hydrogens is 228 g/mol. The second-order valence-corrected chi connectivity index (χ2v) is 3.69. The minimum Gasteiger partial charge on any atom is -0.258 e. The molecule has 0 saturated heterocycles. The molecule has 0 unspecified atom stereocenters. The van der Waals surface area contributed by atoms with Crippen molar-refractivity contribution in [3.63, 3.8) is 0 Å². The minimum atomic E-state index is -0.467. The highest BCUT2D eigenvalue weighted by atomic mass is 35.5. The van der Waals surface area contributed by atoms with Crippen LogP contribution in [-0.2, 0) is 0 Å². The number of nitro benzene ring substituents is 1. The van der Waals surface area contributed by atoms with Gasteiger partial charge >= 0.3 is 0 Å². The fraction of sp³-hybridized carbons (Fsp3) is 0.182. The SMILES string of the molecule is CC(C#N)=C(Cl)c1ccc([N+](=O)[O-])cc1C. The number of non-ortho nitro benzene ring substituents is 1. The smallest absolute Gasteiger partial charge is 0.258 e. The fourth-order valence-corrected chi connectivity index (χ4v) is 1.51. The lowest BCUT2D eigenvalue weighted by atomic mass is 10.1. The molecule has 0 amide bonds. The molecule has 0 aliphatic heterocycles. The van der Waals surface area contributed by atoms with E-state index in [4.69, 9.17) is 16.9 Å². The van der Waals surface area contributed by atoms with Gasteiger partial charge in [0.15, 0.2) is 0 Å². The van der Waals surface area contributed by atoms with Crippen molar-refractivity contribution in [3.8, 4) is 6.07 Å². The number of allylic oxidation sites excluding steroid dienone is 1. The number of hydrogen-bond donors (Lipinski definition) is 0. The Morgan fingerprint density at radius 1 is 1.56 bits per heavy atom. The Labute approximate surface area is 97.9 Å². The number of nitriles is 1. The molecule has 0 saturated carbocycles. The lowest BCUT2D eigenvalue weighted by Gasteiger charge is -2.04. The number of aryl methyl sites for hydroxylation is 1. The summed E-state index contributed by atoms with van der Waals surface area (Å²) in [5.41, 5.74) is 1.72. The van der Waals surface area contributed by atoms with Gasteiger partial charge in [-0.25, -0.2) is 0 Å². The van der Waals surface area contributed by atoms with Gasteiger partial charge in [0.25, 0.3) is 5.69 Å². The maximum absolute atomic E-state index is 10.5. The van der Waals surface area contributed by atoms with Crippen LogP contribution in [0.4, 0.5) is 5.69 Å². The summed E-state index contributed by atoms with van der Waals surface area (Å²) in [6.07, 6.45) is 0. The topological polar surface area (TPSA) is 66.9 Å². The summed E-state index contributed by atoms with van der Waals surface area (Å²) in [4.78, 5) is 10.1. The third-order valence-electron chi connectivity index (χ3n) is 2.15. The van der Waals surface area contributed by atoms with Gasteiger partial charge in [0.05, 0.1) is 16.0 Å². The molecule has 82 valence electrons. The highest BCUT2D eigenvalue weighted by molar-refractivity contribution is 6.49. The Hall–Kier alpha value is -1.86. The van der Waals surface area contributed by atoms with Crippen molar-refractivity contribution in [2.45, 2.75) is 13.8 Å². The van der Waals surface area contributed by atoms with Crippen LogP contribution < -0.4 is 0 Å². The van der Waals surface area contributed by atoms with E-state index < -0.39 is 4.92 Å². The van der Waals surface area contributed by atoms with Gasteiger partial charge in [0, 0.05) is 17.7 Å². The van der Waals surface area contributed by atoms with Gasteiger partial charge in [0.2, 0.25) is 0 Å². The molecule has 0 aliphatic rings. The number of rotatable bonds is 2. The molecule has 1 aromatic carbocycles. The van der Waals surface area contributed by atoms with Crippen LogP contribution >= 0.6 is 11.6 Å². The van der Waals surface area contributed by atoms with Crippen LogP contribution in [0.2, 0.25) is 0 Å². The second-order valence-electron chi connectivity index (χ2n) is 3.31. The summed E-state index contributed by atoms with van der Waals surface area (Å²) in [6.45, 7) is 3.32. The molecule has 1 rings (SSSR count). The molecule has 0 radical (unpaired) electrons. The van der Waals surface area contributed by atoms with Crippen LogP contribution in [0.5, 0.6) is 0 Å². The van der Waals surface area contributed by atoms with Crippen LogP contribution in [0.1, 0.15) is 18.1 Å². The number of nitro groups is 1. The molecular formula is C11H9ClN2O2. The summed E-state index contributed by atoms with van der Waals surface area (Å²) in [5, 5.41) is 19.6. The molecule has 16 heavy (non-hydrogen) atoms. The molecule has 0 atom stereocenters. The number of benzene rings is 1. The Bertz CT molecular complexity index is 515. The Balaban J connectivity index is 3.30. The van der Waals surface area contributed by atoms with Crippen LogP contribution in [0.3, 0.4) is 0 Å². The van der Waals surface area contributed by atoms with Gasteiger partial charge in [-0.2, -0.15) is 5.26 Å². The first-order valence-electron chi connectivity index (χ1n) is 4.49. The number of halogens is 1. The lowest BCUT2D eigenvalue weighted by Crippen LogP contribution is -1.92. The van der Waals surface area contributed by atoms with Gasteiger partial charge in [-0.05, 0) is 31.0 Å². The van der Waals surface area contributed by atoms with Crippen LogP contribution in [0, 0.1) is 28.4 Å². The average Bonchev–Trinajstić information content (AvgIpc) is 2.26. The highest BCUT2D eigenvalue weighted by Crippen LogP contribution is 2.28. The van der Waals surface area contributed by atoms with Crippen LogP contribution in [0.15, 0.2) is 23.8 Å². The second kappa shape index (κ2) is 4.77. The van der Waals surface area contributed by atoms with Crippen LogP contribution in [0.25, 0.3) is 5.03 Å². The molecule has 5 heteroatoms. The van der Waals surface area contributed by atoms with Gasteiger partial charge in [-0.1, -0.05) is 11.6 Å².